The molecule has 2 aromatic carbocycles. The first-order valence-electron chi connectivity index (χ1n) is 10.7. The Kier molecular flexibility index (Phi) is 7.49. The Morgan fingerprint density at radius 3 is 2.71 bits per heavy atom. The first kappa shape index (κ1) is 23.8. The molecule has 11 heteroatoms. The molecule has 1 saturated heterocycles. The summed E-state index contributed by atoms with van der Waals surface area (Å²) in [5.41, 5.74) is 1.18. The fourth-order valence-corrected chi connectivity index (χ4v) is 3.63. The third-order valence-corrected chi connectivity index (χ3v) is 5.37. The molecular weight excluding hydrogens is 467 g/mol. The number of fused-ring (bicyclic) bond motifs is 1. The summed E-state index contributed by atoms with van der Waals surface area (Å²) in [5, 5.41) is 3.79. The number of aromatic nitrogens is 2. The van der Waals surface area contributed by atoms with Gasteiger partial charge in [0.25, 0.3) is 0 Å². The maximum absolute atomic E-state index is 13.5. The van der Waals surface area contributed by atoms with Crippen LogP contribution >= 0.6 is 11.6 Å². The third-order valence-electron chi connectivity index (χ3n) is 5.08. The SMILES string of the molecule is COCCOc1cc2ncnc(Nc3ccc(F)c(Cl)c3)c2cc1OCCN1C[C@H](C)OC1=O. The third kappa shape index (κ3) is 5.57. The number of carbonyl (C=O) groups excluding carboxylic acids is 1. The number of methoxy groups -OCH3 is 1. The fourth-order valence-electron chi connectivity index (χ4n) is 3.45. The number of anilines is 2. The van der Waals surface area contributed by atoms with Crippen LogP contribution in [0.25, 0.3) is 10.9 Å². The van der Waals surface area contributed by atoms with Crippen molar-refractivity contribution < 1.29 is 28.1 Å². The van der Waals surface area contributed by atoms with Crippen LogP contribution in [0, 0.1) is 5.82 Å². The Morgan fingerprint density at radius 1 is 1.18 bits per heavy atom. The largest absolute Gasteiger partial charge is 0.488 e. The summed E-state index contributed by atoms with van der Waals surface area (Å²) in [5.74, 6) is 0.915. The molecule has 1 atom stereocenters. The molecule has 2 heterocycles. The van der Waals surface area contributed by atoms with E-state index < -0.39 is 5.82 Å². The van der Waals surface area contributed by atoms with Crippen LogP contribution in [0.4, 0.5) is 20.7 Å². The first-order chi connectivity index (χ1) is 16.4. The molecule has 1 amide bonds. The van der Waals surface area contributed by atoms with Crippen molar-refractivity contribution in [3.63, 3.8) is 0 Å². The van der Waals surface area contributed by atoms with Crippen LogP contribution in [-0.4, -0.2) is 67.1 Å². The molecule has 1 aliphatic rings. The molecule has 180 valence electrons. The molecule has 1 aliphatic heterocycles. The van der Waals surface area contributed by atoms with Gasteiger partial charge in [0, 0.05) is 24.2 Å². The second-order valence-electron chi connectivity index (χ2n) is 7.62. The minimum atomic E-state index is -0.510. The van der Waals surface area contributed by atoms with Gasteiger partial charge in [-0.1, -0.05) is 11.6 Å². The summed E-state index contributed by atoms with van der Waals surface area (Å²) >= 11 is 5.90. The summed E-state index contributed by atoms with van der Waals surface area (Å²) in [6.45, 7) is 3.67. The smallest absolute Gasteiger partial charge is 0.410 e. The molecule has 1 fully saturated rings. The quantitative estimate of drug-likeness (QED) is 0.417. The van der Waals surface area contributed by atoms with Crippen molar-refractivity contribution in [1.82, 2.24) is 14.9 Å². The molecule has 34 heavy (non-hydrogen) atoms. The van der Waals surface area contributed by atoms with Gasteiger partial charge in [-0.05, 0) is 31.2 Å². The molecule has 9 nitrogen and oxygen atoms in total. The van der Waals surface area contributed by atoms with Crippen molar-refractivity contribution in [1.29, 1.82) is 0 Å². The monoisotopic (exact) mass is 490 g/mol. The highest BCUT2D eigenvalue weighted by Gasteiger charge is 2.27. The molecule has 0 saturated carbocycles. The number of benzene rings is 2. The van der Waals surface area contributed by atoms with Crippen LogP contribution in [-0.2, 0) is 9.47 Å². The molecule has 4 rings (SSSR count). The van der Waals surface area contributed by atoms with Crippen molar-refractivity contribution in [2.75, 3.05) is 45.3 Å². The van der Waals surface area contributed by atoms with E-state index in [0.717, 1.165) is 0 Å². The zero-order chi connectivity index (χ0) is 24.1. The van der Waals surface area contributed by atoms with Crippen molar-refractivity contribution in [3.05, 3.63) is 47.5 Å². The van der Waals surface area contributed by atoms with Crippen molar-refractivity contribution in [2.45, 2.75) is 13.0 Å². The lowest BCUT2D eigenvalue weighted by molar-refractivity contribution is 0.134. The second-order valence-corrected chi connectivity index (χ2v) is 8.03. The van der Waals surface area contributed by atoms with Crippen LogP contribution in [0.3, 0.4) is 0 Å². The molecule has 1 N–H and O–H groups in total. The summed E-state index contributed by atoms with van der Waals surface area (Å²) in [4.78, 5) is 22.1. The van der Waals surface area contributed by atoms with Crippen LogP contribution in [0.5, 0.6) is 11.5 Å². The minimum Gasteiger partial charge on any atom is -0.488 e. The molecule has 3 aromatic rings. The number of cyclic esters (lactones) is 1. The average molecular weight is 491 g/mol. The molecule has 0 aliphatic carbocycles. The number of nitrogens with zero attached hydrogens (tertiary/aromatic N) is 3. The molecule has 0 bridgehead atoms. The molecule has 0 radical (unpaired) electrons. The first-order valence-corrected chi connectivity index (χ1v) is 11.0. The number of nitrogens with one attached hydrogen (secondary N) is 1. The number of ether oxygens (including phenoxy) is 4. The number of hydrogen-bond acceptors (Lipinski definition) is 8. The number of amides is 1. The van der Waals surface area contributed by atoms with Gasteiger partial charge >= 0.3 is 6.09 Å². The van der Waals surface area contributed by atoms with E-state index in [2.05, 4.69) is 15.3 Å². The van der Waals surface area contributed by atoms with Crippen LogP contribution in [0.2, 0.25) is 5.02 Å². The van der Waals surface area contributed by atoms with E-state index in [9.17, 15) is 9.18 Å². The second kappa shape index (κ2) is 10.7. The van der Waals surface area contributed by atoms with Crippen LogP contribution < -0.4 is 14.8 Å². The zero-order valence-electron chi connectivity index (χ0n) is 18.7. The summed E-state index contributed by atoms with van der Waals surface area (Å²) in [6, 6.07) is 7.81. The number of hydrogen-bond donors (Lipinski definition) is 1. The summed E-state index contributed by atoms with van der Waals surface area (Å²) in [7, 11) is 1.59. The lowest BCUT2D eigenvalue weighted by atomic mass is 10.2. The standard InChI is InChI=1S/C23H24ClFN4O5/c1-14-12-29(23(30)34-14)5-6-32-20-10-16-19(11-21(20)33-8-7-31-2)26-13-27-22(16)28-15-3-4-18(25)17(24)9-15/h3-4,9-11,13-14H,5-8,12H2,1-2H3,(H,26,27,28)/t14-/m0/s1. The van der Waals surface area contributed by atoms with Crippen molar-refractivity contribution >= 4 is 40.1 Å². The van der Waals surface area contributed by atoms with E-state index in [1.807, 2.05) is 6.92 Å². The van der Waals surface area contributed by atoms with Gasteiger partial charge in [-0.2, -0.15) is 0 Å². The predicted molar refractivity (Wildman–Crippen MR) is 125 cm³/mol. The maximum atomic E-state index is 13.5. The van der Waals surface area contributed by atoms with Gasteiger partial charge in [0.05, 0.1) is 30.2 Å². The highest BCUT2D eigenvalue weighted by molar-refractivity contribution is 6.31. The number of halogens is 2. The Balaban J connectivity index is 1.59. The fraction of sp³-hybridized carbons (Fsp3) is 0.348. The summed E-state index contributed by atoms with van der Waals surface area (Å²) in [6.07, 6.45) is 0.908. The van der Waals surface area contributed by atoms with E-state index in [4.69, 9.17) is 30.5 Å². The van der Waals surface area contributed by atoms with Gasteiger partial charge in [-0.25, -0.2) is 19.2 Å². The van der Waals surface area contributed by atoms with E-state index >= 15 is 0 Å². The van der Waals surface area contributed by atoms with Crippen molar-refractivity contribution in [3.8, 4) is 11.5 Å². The molecular formula is C23H24ClFN4O5. The van der Waals surface area contributed by atoms with Crippen LogP contribution in [0.1, 0.15) is 6.92 Å². The molecule has 0 spiro atoms. The normalized spacial score (nSPS) is 15.5. The topological polar surface area (TPSA) is 95.0 Å². The minimum absolute atomic E-state index is 0.00373. The van der Waals surface area contributed by atoms with Crippen LogP contribution in [0.15, 0.2) is 36.7 Å². The lowest BCUT2D eigenvalue weighted by Gasteiger charge is -2.17. The molecule has 1 aromatic heterocycles. The van der Waals surface area contributed by atoms with E-state index in [0.29, 0.717) is 60.2 Å². The zero-order valence-corrected chi connectivity index (χ0v) is 19.5. The van der Waals surface area contributed by atoms with Gasteiger partial charge in [0.15, 0.2) is 11.5 Å². The van der Waals surface area contributed by atoms with E-state index in [1.54, 1.807) is 30.2 Å². The number of carbonyl (C=O) groups is 1. The Morgan fingerprint density at radius 2 is 1.97 bits per heavy atom. The van der Waals surface area contributed by atoms with Gasteiger partial charge < -0.3 is 29.2 Å². The molecule has 0 unspecified atom stereocenters. The Bertz CT molecular complexity index is 1180. The highest BCUT2D eigenvalue weighted by Crippen LogP contribution is 2.35. The van der Waals surface area contributed by atoms with E-state index in [1.165, 1.54) is 18.5 Å². The Labute approximate surface area is 200 Å². The maximum Gasteiger partial charge on any atom is 0.410 e. The highest BCUT2D eigenvalue weighted by atomic mass is 35.5. The Hall–Kier alpha value is -3.37. The number of rotatable bonds is 10. The lowest BCUT2D eigenvalue weighted by Crippen LogP contribution is -2.29. The average Bonchev–Trinajstić information content (AvgIpc) is 3.13. The van der Waals surface area contributed by atoms with Gasteiger partial charge in [0.2, 0.25) is 0 Å². The van der Waals surface area contributed by atoms with Gasteiger partial charge in [-0.15, -0.1) is 0 Å². The van der Waals surface area contributed by atoms with Crippen molar-refractivity contribution in [2.24, 2.45) is 0 Å². The van der Waals surface area contributed by atoms with Gasteiger partial charge in [-0.3, -0.25) is 0 Å². The summed E-state index contributed by atoms with van der Waals surface area (Å²) < 4.78 is 35.6. The van der Waals surface area contributed by atoms with Gasteiger partial charge in [0.1, 0.15) is 37.3 Å². The van der Waals surface area contributed by atoms with E-state index in [-0.39, 0.29) is 23.8 Å². The predicted octanol–water partition coefficient (Wildman–Crippen LogP) is 4.41.